The maximum absolute atomic E-state index is 14.5. The molecule has 0 saturated carbocycles. The van der Waals surface area contributed by atoms with Crippen molar-refractivity contribution >= 4 is 23.6 Å². The second-order valence-corrected chi connectivity index (χ2v) is 6.57. The van der Waals surface area contributed by atoms with Gasteiger partial charge in [0.1, 0.15) is 17.8 Å². The Morgan fingerprint density at radius 2 is 1.83 bits per heavy atom. The van der Waals surface area contributed by atoms with Crippen LogP contribution in [0.5, 0.6) is 5.75 Å². The quantitative estimate of drug-likeness (QED) is 0.263. The van der Waals surface area contributed by atoms with Gasteiger partial charge in [-0.3, -0.25) is 0 Å². The summed E-state index contributed by atoms with van der Waals surface area (Å²) >= 11 is 5.95. The van der Waals surface area contributed by atoms with Crippen molar-refractivity contribution in [1.82, 2.24) is 4.68 Å². The van der Waals surface area contributed by atoms with Gasteiger partial charge < -0.3 is 9.84 Å². The van der Waals surface area contributed by atoms with Crippen LogP contribution in [0.4, 0.5) is 17.6 Å². The Labute approximate surface area is 173 Å². The van der Waals surface area contributed by atoms with Crippen LogP contribution >= 0.6 is 11.6 Å². The van der Waals surface area contributed by atoms with Gasteiger partial charge in [-0.1, -0.05) is 41.0 Å². The summed E-state index contributed by atoms with van der Waals surface area (Å²) in [5.74, 6) is -1.80. The van der Waals surface area contributed by atoms with E-state index in [1.165, 1.54) is 28.9 Å². The SMILES string of the molecule is C[n+]1ccn(N=C([O-])/C(Cl)=C/c2ccc(-c3ccc(OC(F)(F)F)cc3)cc2F)c1. The summed E-state index contributed by atoms with van der Waals surface area (Å²) in [5, 5.41) is 15.5. The van der Waals surface area contributed by atoms with Crippen LogP contribution in [0.2, 0.25) is 0 Å². The molecule has 156 valence electrons. The van der Waals surface area contributed by atoms with Crippen molar-refractivity contribution < 1.29 is 32.0 Å². The van der Waals surface area contributed by atoms with E-state index in [4.69, 9.17) is 11.6 Å². The molecule has 0 aliphatic rings. The molecule has 3 rings (SSSR count). The van der Waals surface area contributed by atoms with Crippen molar-refractivity contribution in [3.05, 3.63) is 77.6 Å². The number of ether oxygens (including phenoxy) is 1. The zero-order valence-electron chi connectivity index (χ0n) is 15.4. The summed E-state index contributed by atoms with van der Waals surface area (Å²) in [6.45, 7) is 0. The van der Waals surface area contributed by atoms with Crippen molar-refractivity contribution in [1.29, 1.82) is 0 Å². The number of benzene rings is 2. The minimum atomic E-state index is -4.79. The van der Waals surface area contributed by atoms with E-state index in [1.807, 2.05) is 0 Å². The second kappa shape index (κ2) is 8.58. The zero-order valence-corrected chi connectivity index (χ0v) is 16.2. The highest BCUT2D eigenvalue weighted by Crippen LogP contribution is 2.28. The lowest BCUT2D eigenvalue weighted by Gasteiger charge is -2.10. The number of hydrogen-bond acceptors (Lipinski definition) is 3. The van der Waals surface area contributed by atoms with E-state index >= 15 is 0 Å². The molecule has 0 radical (unpaired) electrons. The third-order valence-electron chi connectivity index (χ3n) is 3.87. The van der Waals surface area contributed by atoms with E-state index in [1.54, 1.807) is 36.4 Å². The van der Waals surface area contributed by atoms with Crippen LogP contribution in [0, 0.1) is 5.82 Å². The number of nitrogens with zero attached hydrogens (tertiary/aromatic N) is 3. The van der Waals surface area contributed by atoms with Gasteiger partial charge in [0.15, 0.2) is 6.20 Å². The highest BCUT2D eigenvalue weighted by Gasteiger charge is 2.30. The van der Waals surface area contributed by atoms with E-state index in [9.17, 15) is 22.7 Å². The Morgan fingerprint density at radius 3 is 2.40 bits per heavy atom. The Balaban J connectivity index is 1.79. The Bertz CT molecular complexity index is 1110. The molecule has 0 unspecified atom stereocenters. The summed E-state index contributed by atoms with van der Waals surface area (Å²) in [5.41, 5.74) is 0.967. The number of aryl methyl sites for hydroxylation is 1. The molecule has 30 heavy (non-hydrogen) atoms. The topological polar surface area (TPSA) is 53.5 Å². The summed E-state index contributed by atoms with van der Waals surface area (Å²) < 4.78 is 57.9. The monoisotopic (exact) mass is 439 g/mol. The fraction of sp³-hybridized carbons (Fsp3) is 0.100. The molecule has 10 heteroatoms. The average Bonchev–Trinajstić information content (AvgIpc) is 3.07. The van der Waals surface area contributed by atoms with Gasteiger partial charge >= 0.3 is 6.36 Å². The van der Waals surface area contributed by atoms with Gasteiger partial charge in [0.25, 0.3) is 6.33 Å². The first-order chi connectivity index (χ1) is 14.1. The minimum Gasteiger partial charge on any atom is -0.855 e. The van der Waals surface area contributed by atoms with Crippen LogP contribution < -0.4 is 14.4 Å². The highest BCUT2D eigenvalue weighted by molar-refractivity contribution is 6.43. The first-order valence-electron chi connectivity index (χ1n) is 8.43. The van der Waals surface area contributed by atoms with Crippen molar-refractivity contribution in [2.45, 2.75) is 6.36 Å². The van der Waals surface area contributed by atoms with Crippen molar-refractivity contribution in [3.63, 3.8) is 0 Å². The normalized spacial score (nSPS) is 12.9. The summed E-state index contributed by atoms with van der Waals surface area (Å²) in [6.07, 6.45) is 1.12. The first kappa shape index (κ1) is 21.4. The Hall–Kier alpha value is -3.33. The lowest BCUT2D eigenvalue weighted by atomic mass is 10.0. The van der Waals surface area contributed by atoms with Gasteiger partial charge in [-0.25, -0.2) is 8.96 Å². The molecule has 0 atom stereocenters. The molecule has 1 heterocycles. The molecular weight excluding hydrogens is 426 g/mol. The van der Waals surface area contributed by atoms with Gasteiger partial charge in [0, 0.05) is 5.56 Å². The van der Waals surface area contributed by atoms with Crippen molar-refractivity contribution in [2.24, 2.45) is 12.1 Å². The van der Waals surface area contributed by atoms with Gasteiger partial charge in [-0.15, -0.1) is 17.8 Å². The van der Waals surface area contributed by atoms with Crippen LogP contribution in [0.1, 0.15) is 5.56 Å². The summed E-state index contributed by atoms with van der Waals surface area (Å²) in [7, 11) is 1.75. The molecule has 0 amide bonds. The zero-order chi connectivity index (χ0) is 21.9. The molecule has 2 aromatic carbocycles. The molecule has 0 aliphatic carbocycles. The minimum absolute atomic E-state index is 0.0578. The molecule has 1 aromatic heterocycles. The van der Waals surface area contributed by atoms with Gasteiger partial charge in [-0.05, 0) is 35.4 Å². The number of imidazole rings is 1. The molecule has 0 saturated heterocycles. The van der Waals surface area contributed by atoms with Gasteiger partial charge in [0.05, 0.1) is 18.0 Å². The maximum Gasteiger partial charge on any atom is 0.573 e. The number of alkyl halides is 3. The smallest absolute Gasteiger partial charge is 0.573 e. The lowest BCUT2D eigenvalue weighted by molar-refractivity contribution is -0.671. The van der Waals surface area contributed by atoms with Crippen LogP contribution in [-0.2, 0) is 7.05 Å². The highest BCUT2D eigenvalue weighted by atomic mass is 35.5. The Kier molecular flexibility index (Phi) is 6.12. The molecule has 3 aromatic rings. The third-order valence-corrected chi connectivity index (χ3v) is 4.14. The predicted molar refractivity (Wildman–Crippen MR) is 101 cm³/mol. The molecule has 0 spiro atoms. The number of hydrogen-bond donors (Lipinski definition) is 0. The first-order valence-corrected chi connectivity index (χ1v) is 8.81. The maximum atomic E-state index is 14.5. The van der Waals surface area contributed by atoms with E-state index in [0.29, 0.717) is 11.1 Å². The van der Waals surface area contributed by atoms with E-state index in [2.05, 4.69) is 9.84 Å². The summed E-state index contributed by atoms with van der Waals surface area (Å²) in [4.78, 5) is 0. The van der Waals surface area contributed by atoms with Crippen LogP contribution in [0.15, 0.2) is 71.3 Å². The molecule has 0 aliphatic heterocycles. The van der Waals surface area contributed by atoms with Gasteiger partial charge in [0.2, 0.25) is 0 Å². The summed E-state index contributed by atoms with van der Waals surface area (Å²) in [6, 6.07) is 9.14. The fourth-order valence-electron chi connectivity index (χ4n) is 2.52. The predicted octanol–water partition coefficient (Wildman–Crippen LogP) is 3.82. The van der Waals surface area contributed by atoms with Crippen molar-refractivity contribution in [2.75, 3.05) is 0 Å². The molecule has 0 N–H and O–H groups in total. The average molecular weight is 440 g/mol. The fourth-order valence-corrected chi connectivity index (χ4v) is 2.68. The third kappa shape index (κ3) is 5.60. The van der Waals surface area contributed by atoms with E-state index in [0.717, 1.165) is 18.2 Å². The van der Waals surface area contributed by atoms with Crippen LogP contribution in [-0.4, -0.2) is 16.9 Å². The number of rotatable bonds is 5. The number of halogens is 5. The molecular formula is C20H14ClF4N3O2. The van der Waals surface area contributed by atoms with Crippen LogP contribution in [0.3, 0.4) is 0 Å². The lowest BCUT2D eigenvalue weighted by Crippen LogP contribution is -2.24. The van der Waals surface area contributed by atoms with Crippen molar-refractivity contribution in [3.8, 4) is 16.9 Å². The van der Waals surface area contributed by atoms with E-state index < -0.39 is 18.1 Å². The standard InChI is InChI=1S/C20H14ClF4N3O2/c1-27-8-9-28(12-27)26-19(29)17(21)10-15-3-2-14(11-18(15)22)13-4-6-16(7-5-13)30-20(23,24)25/h2-12H,1H3/b17-10-. The molecule has 0 fully saturated rings. The van der Waals surface area contributed by atoms with E-state index in [-0.39, 0.29) is 16.3 Å². The van der Waals surface area contributed by atoms with Crippen LogP contribution in [0.25, 0.3) is 17.2 Å². The number of aromatic nitrogens is 2. The largest absolute Gasteiger partial charge is 0.855 e. The van der Waals surface area contributed by atoms with Gasteiger partial charge in [-0.2, -0.15) is 0 Å². The Morgan fingerprint density at radius 1 is 1.17 bits per heavy atom. The molecule has 0 bridgehead atoms. The molecule has 5 nitrogen and oxygen atoms in total. The second-order valence-electron chi connectivity index (χ2n) is 6.16.